The summed E-state index contributed by atoms with van der Waals surface area (Å²) in [5.41, 5.74) is 0.452. The Labute approximate surface area is 151 Å². The first-order valence-electron chi connectivity index (χ1n) is 7.88. The molecule has 0 radical (unpaired) electrons. The second-order valence-corrected chi connectivity index (χ2v) is 7.25. The third-order valence-corrected chi connectivity index (χ3v) is 4.96. The molecule has 0 unspecified atom stereocenters. The van der Waals surface area contributed by atoms with E-state index in [0.717, 1.165) is 12.8 Å². The molecule has 0 fully saturated rings. The van der Waals surface area contributed by atoms with Crippen molar-refractivity contribution in [2.24, 2.45) is 0 Å². The minimum absolute atomic E-state index is 0.0380. The normalized spacial score (nSPS) is 14.2. The lowest BCUT2D eigenvalue weighted by Crippen LogP contribution is -2.36. The number of anilines is 1. The maximum atomic E-state index is 12.2. The zero-order valence-corrected chi connectivity index (χ0v) is 15.3. The highest BCUT2D eigenvalue weighted by atomic mass is 32.2. The van der Waals surface area contributed by atoms with Gasteiger partial charge in [0.15, 0.2) is 6.61 Å². The highest BCUT2D eigenvalue weighted by Crippen LogP contribution is 2.21. The van der Waals surface area contributed by atoms with Crippen LogP contribution in [0.3, 0.4) is 0 Å². The van der Waals surface area contributed by atoms with Crippen molar-refractivity contribution in [3.8, 4) is 5.88 Å². The van der Waals surface area contributed by atoms with Gasteiger partial charge in [0.05, 0.1) is 12.0 Å². The quantitative estimate of drug-likeness (QED) is 0.699. The number of carbonyl (C=O) groups excluding carboxylic acids is 2. The van der Waals surface area contributed by atoms with Crippen LogP contribution in [-0.4, -0.2) is 44.1 Å². The van der Waals surface area contributed by atoms with Gasteiger partial charge in [0.25, 0.3) is 10.0 Å². The number of nitrogens with zero attached hydrogens (tertiary/aromatic N) is 2. The van der Waals surface area contributed by atoms with E-state index in [9.17, 15) is 18.0 Å². The summed E-state index contributed by atoms with van der Waals surface area (Å²) in [6, 6.07) is 0.469. The molecule has 1 aromatic heterocycles. The van der Waals surface area contributed by atoms with E-state index in [1.54, 1.807) is 13.0 Å². The molecule has 1 heterocycles. The summed E-state index contributed by atoms with van der Waals surface area (Å²) in [6.07, 6.45) is 4.36. The van der Waals surface area contributed by atoms with Crippen LogP contribution in [0, 0.1) is 6.92 Å². The van der Waals surface area contributed by atoms with Crippen LogP contribution in [0.15, 0.2) is 17.0 Å². The summed E-state index contributed by atoms with van der Waals surface area (Å²) < 4.78 is 35.9. The van der Waals surface area contributed by atoms with Crippen molar-refractivity contribution >= 4 is 28.0 Å². The summed E-state index contributed by atoms with van der Waals surface area (Å²) in [5.74, 6) is -0.716. The molecule has 0 atom stereocenters. The van der Waals surface area contributed by atoms with Crippen LogP contribution in [0.25, 0.3) is 0 Å². The van der Waals surface area contributed by atoms with E-state index >= 15 is 0 Å². The van der Waals surface area contributed by atoms with Crippen molar-refractivity contribution in [2.45, 2.75) is 32.6 Å². The monoisotopic (exact) mass is 384 g/mol. The predicted molar refractivity (Wildman–Crippen MR) is 91.9 cm³/mol. The maximum absolute atomic E-state index is 12.2. The first kappa shape index (κ1) is 19.6. The Balaban J connectivity index is 2.03. The van der Waals surface area contributed by atoms with E-state index in [-0.39, 0.29) is 23.3 Å². The summed E-state index contributed by atoms with van der Waals surface area (Å²) in [7, 11) is -2.68. The van der Waals surface area contributed by atoms with Gasteiger partial charge in [-0.15, -0.1) is 0 Å². The number of urea groups is 1. The molecule has 1 aliphatic rings. The summed E-state index contributed by atoms with van der Waals surface area (Å²) in [6.45, 7) is 1.26. The fourth-order valence-electron chi connectivity index (χ4n) is 2.23. The Kier molecular flexibility index (Phi) is 6.50. The molecule has 26 heavy (non-hydrogen) atoms. The van der Waals surface area contributed by atoms with Gasteiger partial charge >= 0.3 is 12.0 Å². The number of ether oxygens (including phenoxy) is 2. The Bertz CT molecular complexity index is 821. The fraction of sp³-hybridized carbons (Fsp3) is 0.467. The molecule has 0 aliphatic heterocycles. The number of aryl methyl sites for hydroxylation is 1. The smallest absolute Gasteiger partial charge is 0.343 e. The maximum Gasteiger partial charge on any atom is 0.343 e. The zero-order valence-electron chi connectivity index (χ0n) is 14.4. The number of amides is 2. The van der Waals surface area contributed by atoms with Gasteiger partial charge in [0, 0.05) is 11.8 Å². The number of nitrogens with one attached hydrogen (secondary N) is 2. The van der Waals surface area contributed by atoms with E-state index in [2.05, 4.69) is 20.0 Å². The minimum Gasteiger partial charge on any atom is -0.466 e. The van der Waals surface area contributed by atoms with Crippen LogP contribution in [0.1, 0.15) is 31.4 Å². The van der Waals surface area contributed by atoms with Gasteiger partial charge in [-0.3, -0.25) is 5.32 Å². The van der Waals surface area contributed by atoms with Gasteiger partial charge < -0.3 is 9.47 Å². The van der Waals surface area contributed by atoms with Crippen LogP contribution in [0.4, 0.5) is 10.7 Å². The molecule has 0 spiro atoms. The average Bonchev–Trinajstić information content (AvgIpc) is 2.59. The molecule has 0 saturated carbocycles. The van der Waals surface area contributed by atoms with Gasteiger partial charge in [-0.25, -0.2) is 27.7 Å². The number of allylic oxidation sites excluding steroid dienone is 2. The third-order valence-electron chi connectivity index (χ3n) is 3.44. The summed E-state index contributed by atoms with van der Waals surface area (Å²) in [5, 5.41) is 2.25. The number of hydrogen-bond donors (Lipinski definition) is 2. The van der Waals surface area contributed by atoms with Crippen LogP contribution in [0.2, 0.25) is 0 Å². The third kappa shape index (κ3) is 5.69. The number of hydrogen-bond acceptors (Lipinski definition) is 8. The second-order valence-electron chi connectivity index (χ2n) is 5.51. The highest BCUT2D eigenvalue weighted by molar-refractivity contribution is 7.93. The van der Waals surface area contributed by atoms with Crippen LogP contribution >= 0.6 is 0 Å². The molecule has 2 N–H and O–H groups in total. The predicted octanol–water partition coefficient (Wildman–Crippen LogP) is 1.25. The number of methoxy groups -OCH3 is 1. The average molecular weight is 384 g/mol. The fourth-order valence-corrected chi connectivity index (χ4v) is 3.41. The first-order valence-corrected chi connectivity index (χ1v) is 9.36. The van der Waals surface area contributed by atoms with Crippen molar-refractivity contribution in [3.63, 3.8) is 0 Å². The van der Waals surface area contributed by atoms with Crippen molar-refractivity contribution in [1.82, 2.24) is 14.7 Å². The first-order chi connectivity index (χ1) is 12.3. The lowest BCUT2D eigenvalue weighted by Gasteiger charge is -2.14. The van der Waals surface area contributed by atoms with Gasteiger partial charge in [0.1, 0.15) is 0 Å². The van der Waals surface area contributed by atoms with Crippen LogP contribution in [-0.2, 0) is 19.6 Å². The zero-order chi connectivity index (χ0) is 19.2. The Morgan fingerprint density at radius 2 is 2.04 bits per heavy atom. The van der Waals surface area contributed by atoms with Crippen molar-refractivity contribution in [2.75, 3.05) is 19.0 Å². The number of rotatable bonds is 6. The molecule has 10 nitrogen and oxygen atoms in total. The standard InChI is InChI=1S/C15H20N4O6S/c1-10-8-12(25-9-13(20)24-2)17-14(16-10)18-15(21)19-26(22,23)11-6-4-3-5-7-11/h6,8H,3-5,7,9H2,1-2H3,(H2,16,17,18,19,21). The van der Waals surface area contributed by atoms with E-state index in [0.29, 0.717) is 18.5 Å². The van der Waals surface area contributed by atoms with Gasteiger partial charge in [-0.05, 0) is 32.6 Å². The Hall–Kier alpha value is -2.69. The molecule has 11 heteroatoms. The van der Waals surface area contributed by atoms with E-state index in [4.69, 9.17) is 4.74 Å². The van der Waals surface area contributed by atoms with Gasteiger partial charge in [-0.2, -0.15) is 4.98 Å². The molecular weight excluding hydrogens is 364 g/mol. The SMILES string of the molecule is COC(=O)COc1cc(C)nc(NC(=O)NS(=O)(=O)C2=CCCCC2)n1. The van der Waals surface area contributed by atoms with E-state index in [1.807, 2.05) is 4.72 Å². The van der Waals surface area contributed by atoms with E-state index < -0.39 is 22.0 Å². The molecule has 1 aliphatic carbocycles. The summed E-state index contributed by atoms with van der Waals surface area (Å²) >= 11 is 0. The molecular formula is C15H20N4O6S. The molecule has 0 saturated heterocycles. The largest absolute Gasteiger partial charge is 0.466 e. The number of aromatic nitrogens is 2. The molecule has 142 valence electrons. The van der Waals surface area contributed by atoms with Gasteiger partial charge in [0.2, 0.25) is 11.8 Å². The second kappa shape index (κ2) is 8.61. The van der Waals surface area contributed by atoms with Crippen molar-refractivity contribution < 1.29 is 27.5 Å². The number of esters is 1. The molecule has 0 bridgehead atoms. The van der Waals surface area contributed by atoms with Gasteiger partial charge in [-0.1, -0.05) is 6.08 Å². The summed E-state index contributed by atoms with van der Waals surface area (Å²) in [4.78, 5) is 31.2. The molecule has 0 aromatic carbocycles. The minimum atomic E-state index is -3.90. The lowest BCUT2D eigenvalue weighted by atomic mass is 10.1. The van der Waals surface area contributed by atoms with Crippen molar-refractivity contribution in [1.29, 1.82) is 0 Å². The lowest BCUT2D eigenvalue weighted by molar-refractivity contribution is -0.143. The van der Waals surface area contributed by atoms with Crippen LogP contribution < -0.4 is 14.8 Å². The van der Waals surface area contributed by atoms with Crippen molar-refractivity contribution in [3.05, 3.63) is 22.7 Å². The van der Waals surface area contributed by atoms with Crippen LogP contribution in [0.5, 0.6) is 5.88 Å². The molecule has 2 amide bonds. The Morgan fingerprint density at radius 1 is 1.27 bits per heavy atom. The number of carbonyl (C=O) groups is 2. The Morgan fingerprint density at radius 3 is 2.69 bits per heavy atom. The number of sulfonamides is 1. The van der Waals surface area contributed by atoms with E-state index in [1.165, 1.54) is 13.2 Å². The highest BCUT2D eigenvalue weighted by Gasteiger charge is 2.22. The molecule has 2 rings (SSSR count). The molecule has 1 aromatic rings. The topological polar surface area (TPSA) is 137 Å².